The molecule has 0 amide bonds. The molecular weight excluding hydrogens is 564 g/mol. The van der Waals surface area contributed by atoms with E-state index in [1.807, 2.05) is 12.2 Å². The van der Waals surface area contributed by atoms with Crippen LogP contribution in [0.25, 0.3) is 12.2 Å². The predicted octanol–water partition coefficient (Wildman–Crippen LogP) is 7.52. The Balaban J connectivity index is 2.11. The summed E-state index contributed by atoms with van der Waals surface area (Å²) in [4.78, 5) is 13.6. The highest BCUT2D eigenvalue weighted by Gasteiger charge is 2.36. The SMILES string of the molecule is CCC(C)(C)C1CC(=Cc2cc(Br)c(O)c(OC)c2)C(=O)C(=Cc2cc(Br)c(O)c(OC)c2)C1. The average molecular weight is 594 g/mol. The number of Topliss-reactive ketones (excluding diaryl/α,β-unsaturated/α-hetero) is 1. The molecule has 1 aliphatic rings. The number of aromatic hydroxyl groups is 2. The summed E-state index contributed by atoms with van der Waals surface area (Å²) in [5.74, 6) is 1.000. The maximum atomic E-state index is 13.6. The Morgan fingerprint density at radius 1 is 0.912 bits per heavy atom. The number of hydrogen-bond donors (Lipinski definition) is 2. The van der Waals surface area contributed by atoms with E-state index in [-0.39, 0.29) is 28.6 Å². The van der Waals surface area contributed by atoms with Gasteiger partial charge in [0.25, 0.3) is 0 Å². The molecule has 5 nitrogen and oxygen atoms in total. The lowest BCUT2D eigenvalue weighted by molar-refractivity contribution is -0.113. The fourth-order valence-electron chi connectivity index (χ4n) is 4.15. The van der Waals surface area contributed by atoms with Gasteiger partial charge in [-0.15, -0.1) is 0 Å². The van der Waals surface area contributed by atoms with Crippen molar-refractivity contribution in [1.29, 1.82) is 0 Å². The van der Waals surface area contributed by atoms with Crippen LogP contribution in [-0.2, 0) is 4.79 Å². The number of hydrogen-bond acceptors (Lipinski definition) is 5. The van der Waals surface area contributed by atoms with Gasteiger partial charge < -0.3 is 19.7 Å². The van der Waals surface area contributed by atoms with E-state index in [4.69, 9.17) is 9.47 Å². The summed E-state index contributed by atoms with van der Waals surface area (Å²) < 4.78 is 11.6. The topological polar surface area (TPSA) is 76.0 Å². The van der Waals surface area contributed by atoms with E-state index in [2.05, 4.69) is 52.6 Å². The number of carbonyl (C=O) groups excluding carboxylic acids is 1. The molecule has 2 aromatic rings. The van der Waals surface area contributed by atoms with Crippen LogP contribution < -0.4 is 9.47 Å². The molecule has 0 unspecified atom stereocenters. The number of allylic oxidation sites excluding steroid dienone is 2. The lowest BCUT2D eigenvalue weighted by Crippen LogP contribution is -2.30. The zero-order valence-corrected chi connectivity index (χ0v) is 23.2. The van der Waals surface area contributed by atoms with Crippen molar-refractivity contribution in [2.75, 3.05) is 14.2 Å². The van der Waals surface area contributed by atoms with E-state index >= 15 is 0 Å². The molecule has 2 aromatic carbocycles. The van der Waals surface area contributed by atoms with Crippen molar-refractivity contribution in [1.82, 2.24) is 0 Å². The molecular formula is C27H30Br2O5. The Morgan fingerprint density at radius 3 is 1.68 bits per heavy atom. The number of ketones is 1. The predicted molar refractivity (Wildman–Crippen MR) is 142 cm³/mol. The van der Waals surface area contributed by atoms with Gasteiger partial charge in [-0.25, -0.2) is 0 Å². The van der Waals surface area contributed by atoms with E-state index in [1.54, 1.807) is 24.3 Å². The first-order valence-electron chi connectivity index (χ1n) is 11.1. The summed E-state index contributed by atoms with van der Waals surface area (Å²) in [6, 6.07) is 7.00. The van der Waals surface area contributed by atoms with Crippen LogP contribution in [0, 0.1) is 11.3 Å². The third kappa shape index (κ3) is 5.52. The summed E-state index contributed by atoms with van der Waals surface area (Å²) in [6.07, 6.45) is 6.09. The minimum absolute atomic E-state index is 0.00511. The molecule has 1 fully saturated rings. The Bertz CT molecular complexity index is 1080. The first-order chi connectivity index (χ1) is 16.0. The molecule has 0 spiro atoms. The molecule has 0 bridgehead atoms. The number of methoxy groups -OCH3 is 2. The molecule has 0 heterocycles. The van der Waals surface area contributed by atoms with Crippen molar-refractivity contribution in [3.8, 4) is 23.0 Å². The third-order valence-electron chi connectivity index (χ3n) is 6.76. The van der Waals surface area contributed by atoms with Gasteiger partial charge in [0.2, 0.25) is 0 Å². The standard InChI is InChI=1S/C27H30Br2O5/c1-6-27(2,3)19-13-17(7-15-9-20(28)25(31)22(11-15)33-4)24(30)18(14-19)8-16-10-21(29)26(32)23(12-16)34-5/h7-12,19,31-32H,6,13-14H2,1-5H3. The van der Waals surface area contributed by atoms with Crippen molar-refractivity contribution in [3.63, 3.8) is 0 Å². The van der Waals surface area contributed by atoms with Gasteiger partial charge in [0.05, 0.1) is 23.2 Å². The lowest BCUT2D eigenvalue weighted by atomic mass is 9.66. The van der Waals surface area contributed by atoms with Gasteiger partial charge in [0.15, 0.2) is 28.8 Å². The molecule has 182 valence electrons. The highest BCUT2D eigenvalue weighted by atomic mass is 79.9. The number of halogens is 2. The lowest BCUT2D eigenvalue weighted by Gasteiger charge is -2.38. The third-order valence-corrected chi connectivity index (χ3v) is 7.96. The van der Waals surface area contributed by atoms with E-state index in [0.29, 0.717) is 44.4 Å². The molecule has 0 saturated heterocycles. The van der Waals surface area contributed by atoms with E-state index in [0.717, 1.165) is 17.5 Å². The second-order valence-electron chi connectivity index (χ2n) is 9.22. The van der Waals surface area contributed by atoms with Crippen molar-refractivity contribution in [2.24, 2.45) is 11.3 Å². The number of carbonyl (C=O) groups is 1. The van der Waals surface area contributed by atoms with Crippen LogP contribution in [-0.4, -0.2) is 30.2 Å². The van der Waals surface area contributed by atoms with Crippen LogP contribution >= 0.6 is 31.9 Å². The first kappa shape index (κ1) is 26.4. The van der Waals surface area contributed by atoms with Gasteiger partial charge in [-0.2, -0.15) is 0 Å². The van der Waals surface area contributed by atoms with Crippen molar-refractivity contribution >= 4 is 49.8 Å². The van der Waals surface area contributed by atoms with E-state index in [1.165, 1.54) is 14.2 Å². The quantitative estimate of drug-likeness (QED) is 0.339. The number of benzene rings is 2. The molecule has 7 heteroatoms. The first-order valence-corrected chi connectivity index (χ1v) is 12.7. The molecule has 1 saturated carbocycles. The molecule has 0 aromatic heterocycles. The van der Waals surface area contributed by atoms with Crippen LogP contribution in [0.5, 0.6) is 23.0 Å². The van der Waals surface area contributed by atoms with Gasteiger partial charge in [-0.05, 0) is 104 Å². The minimum Gasteiger partial charge on any atom is -0.503 e. The number of rotatable bonds is 6. The highest BCUT2D eigenvalue weighted by molar-refractivity contribution is 9.10. The Labute approximate surface area is 217 Å². The molecule has 1 aliphatic carbocycles. The van der Waals surface area contributed by atoms with Crippen molar-refractivity contribution < 1.29 is 24.5 Å². The molecule has 2 N–H and O–H groups in total. The van der Waals surface area contributed by atoms with Crippen LogP contribution in [0.3, 0.4) is 0 Å². The number of ether oxygens (including phenoxy) is 2. The summed E-state index contributed by atoms with van der Waals surface area (Å²) in [6.45, 7) is 6.65. The van der Waals surface area contributed by atoms with E-state index in [9.17, 15) is 15.0 Å². The second-order valence-corrected chi connectivity index (χ2v) is 10.9. The fraction of sp³-hybridized carbons (Fsp3) is 0.370. The number of phenols is 2. The summed E-state index contributed by atoms with van der Waals surface area (Å²) in [5.41, 5.74) is 3.02. The summed E-state index contributed by atoms with van der Waals surface area (Å²) in [5, 5.41) is 20.3. The van der Waals surface area contributed by atoms with Crippen LogP contribution in [0.4, 0.5) is 0 Å². The zero-order valence-electron chi connectivity index (χ0n) is 20.0. The zero-order chi connectivity index (χ0) is 25.2. The van der Waals surface area contributed by atoms with Crippen LogP contribution in [0.2, 0.25) is 0 Å². The molecule has 34 heavy (non-hydrogen) atoms. The Morgan fingerprint density at radius 2 is 1.32 bits per heavy atom. The smallest absolute Gasteiger partial charge is 0.185 e. The maximum Gasteiger partial charge on any atom is 0.185 e. The monoisotopic (exact) mass is 592 g/mol. The second kappa shape index (κ2) is 10.6. The summed E-state index contributed by atoms with van der Waals surface area (Å²) in [7, 11) is 2.99. The normalized spacial score (nSPS) is 19.0. The van der Waals surface area contributed by atoms with E-state index < -0.39 is 0 Å². The van der Waals surface area contributed by atoms with Gasteiger partial charge in [0.1, 0.15) is 0 Å². The Hall–Kier alpha value is -2.25. The highest BCUT2D eigenvalue weighted by Crippen LogP contribution is 2.45. The van der Waals surface area contributed by atoms with Gasteiger partial charge in [-0.3, -0.25) is 4.79 Å². The van der Waals surface area contributed by atoms with Crippen LogP contribution in [0.15, 0.2) is 44.4 Å². The molecule has 0 radical (unpaired) electrons. The number of phenolic OH excluding ortho intramolecular Hbond substituents is 2. The van der Waals surface area contributed by atoms with Crippen molar-refractivity contribution in [2.45, 2.75) is 40.0 Å². The average Bonchev–Trinajstić information content (AvgIpc) is 2.80. The summed E-state index contributed by atoms with van der Waals surface area (Å²) >= 11 is 6.72. The van der Waals surface area contributed by atoms with Gasteiger partial charge in [0, 0.05) is 11.1 Å². The largest absolute Gasteiger partial charge is 0.503 e. The Kier molecular flexibility index (Phi) is 8.19. The van der Waals surface area contributed by atoms with Gasteiger partial charge >= 0.3 is 0 Å². The molecule has 3 rings (SSSR count). The van der Waals surface area contributed by atoms with Crippen LogP contribution in [0.1, 0.15) is 51.2 Å². The molecule has 0 aliphatic heterocycles. The molecule has 0 atom stereocenters. The minimum atomic E-state index is -0.00511. The fourth-order valence-corrected chi connectivity index (χ4v) is 5.07. The van der Waals surface area contributed by atoms with Gasteiger partial charge in [-0.1, -0.05) is 27.2 Å². The maximum absolute atomic E-state index is 13.6. The van der Waals surface area contributed by atoms with Crippen molar-refractivity contribution in [3.05, 3.63) is 55.5 Å².